The Balaban J connectivity index is 1.16. The number of piperidine rings is 2. The lowest BCUT2D eigenvalue weighted by Gasteiger charge is -2.23. The first-order valence-corrected chi connectivity index (χ1v) is 17.5. The van der Waals surface area contributed by atoms with Crippen LogP contribution in [0.1, 0.15) is 38.5 Å². The molecule has 4 rings (SSSR count). The van der Waals surface area contributed by atoms with Crippen molar-refractivity contribution < 1.29 is 14.3 Å². The lowest BCUT2D eigenvalue weighted by Crippen LogP contribution is -2.23. The van der Waals surface area contributed by atoms with E-state index in [0.717, 1.165) is 47.5 Å². The van der Waals surface area contributed by atoms with Gasteiger partial charge in [-0.1, -0.05) is 12.8 Å². The predicted molar refractivity (Wildman–Crippen MR) is 157 cm³/mol. The van der Waals surface area contributed by atoms with Gasteiger partial charge in [-0.25, -0.2) is 8.61 Å². The number of carbonyl (C=O) groups is 2. The highest BCUT2D eigenvalue weighted by atomic mass is 33.1. The van der Waals surface area contributed by atoms with Crippen LogP contribution in [-0.2, 0) is 0 Å². The summed E-state index contributed by atoms with van der Waals surface area (Å²) < 4.78 is 10.5. The summed E-state index contributed by atoms with van der Waals surface area (Å²) in [5.74, 6) is 1.49. The van der Waals surface area contributed by atoms with E-state index in [1.807, 2.05) is 48.5 Å². The fraction of sp³-hybridized carbons (Fsp3) is 0.417. The zero-order valence-corrected chi connectivity index (χ0v) is 24.2. The molecule has 11 heteroatoms. The maximum atomic E-state index is 12.2. The summed E-state index contributed by atoms with van der Waals surface area (Å²) in [5.41, 5.74) is 0. The van der Waals surface area contributed by atoms with Crippen molar-refractivity contribution in [1.82, 2.24) is 8.61 Å². The number of rotatable bonds is 8. The molecule has 2 heterocycles. The first kappa shape index (κ1) is 27.6. The fourth-order valence-electron chi connectivity index (χ4n) is 3.58. The van der Waals surface area contributed by atoms with Gasteiger partial charge in [0.2, 0.25) is 0 Å². The van der Waals surface area contributed by atoms with Crippen LogP contribution in [0.5, 0.6) is 11.5 Å². The van der Waals surface area contributed by atoms with Crippen molar-refractivity contribution >= 4 is 76.0 Å². The normalized spacial score (nSPS) is 17.3. The van der Waals surface area contributed by atoms with Gasteiger partial charge in [-0.15, -0.1) is 0 Å². The number of ether oxygens (including phenoxy) is 1. The minimum atomic E-state index is 0.125. The Kier molecular flexibility index (Phi) is 11.9. The van der Waals surface area contributed by atoms with Crippen molar-refractivity contribution in [3.8, 4) is 11.5 Å². The van der Waals surface area contributed by atoms with Gasteiger partial charge in [0.15, 0.2) is 0 Å². The molecule has 2 saturated heterocycles. The van der Waals surface area contributed by atoms with Crippen molar-refractivity contribution in [1.29, 1.82) is 0 Å². The van der Waals surface area contributed by atoms with Crippen molar-refractivity contribution in [3.05, 3.63) is 48.5 Å². The minimum absolute atomic E-state index is 0.125. The van der Waals surface area contributed by atoms with E-state index in [4.69, 9.17) is 4.74 Å². The third kappa shape index (κ3) is 10.1. The second-order valence-electron chi connectivity index (χ2n) is 8.04. The van der Waals surface area contributed by atoms with Crippen LogP contribution in [0.15, 0.2) is 58.3 Å². The van der Waals surface area contributed by atoms with Crippen LogP contribution in [0.2, 0.25) is 0 Å². The van der Waals surface area contributed by atoms with E-state index in [0.29, 0.717) is 0 Å². The monoisotopic (exact) mass is 584 g/mol. The number of benzene rings is 2. The molecular weight excluding hydrogens is 557 g/mol. The van der Waals surface area contributed by atoms with Crippen molar-refractivity contribution in [2.75, 3.05) is 26.2 Å². The first-order valence-electron chi connectivity index (χ1n) is 11.6. The van der Waals surface area contributed by atoms with Crippen LogP contribution < -0.4 is 4.74 Å². The van der Waals surface area contributed by atoms with E-state index in [-0.39, 0.29) is 8.89 Å². The van der Waals surface area contributed by atoms with Gasteiger partial charge < -0.3 is 4.74 Å². The number of nitrogens with zero attached hydrogens (tertiary/aromatic N) is 2. The second-order valence-corrected chi connectivity index (χ2v) is 15.0. The van der Waals surface area contributed by atoms with Crippen LogP contribution in [0.4, 0.5) is 9.59 Å². The molecule has 0 aliphatic carbocycles. The molecule has 0 unspecified atom stereocenters. The third-order valence-electron chi connectivity index (χ3n) is 5.33. The predicted octanol–water partition coefficient (Wildman–Crippen LogP) is 9.47. The Morgan fingerprint density at radius 2 is 0.943 bits per heavy atom. The molecule has 0 N–H and O–H groups in total. The Morgan fingerprint density at radius 3 is 1.31 bits per heavy atom. The quantitative estimate of drug-likeness (QED) is 0.220. The molecule has 0 bridgehead atoms. The molecule has 2 aromatic carbocycles. The van der Waals surface area contributed by atoms with E-state index < -0.39 is 0 Å². The number of hydrogen-bond donors (Lipinski definition) is 0. The van der Waals surface area contributed by atoms with Crippen LogP contribution in [0.25, 0.3) is 0 Å². The molecule has 2 aliphatic heterocycles. The zero-order chi connectivity index (χ0) is 24.3. The standard InChI is InChI=1S/C24H28N2O3S6/c27-23(30-25-15-3-1-4-16-25)34-32-21-11-7-19(8-12-21)29-20-9-13-22(14-10-20)33-35-24(28)31-26-17-5-2-6-18-26/h7-14H,1-6,15-18H2. The molecular formula is C24H28N2O3S6. The maximum absolute atomic E-state index is 12.2. The fourth-order valence-corrected chi connectivity index (χ4v) is 9.39. The first-order chi connectivity index (χ1) is 17.1. The van der Waals surface area contributed by atoms with Gasteiger partial charge in [0.1, 0.15) is 11.5 Å². The third-order valence-corrected chi connectivity index (χ3v) is 12.4. The van der Waals surface area contributed by atoms with Gasteiger partial charge in [0.25, 0.3) is 8.89 Å². The van der Waals surface area contributed by atoms with E-state index in [1.54, 1.807) is 0 Å². The van der Waals surface area contributed by atoms with Crippen LogP contribution in [-0.4, -0.2) is 43.7 Å². The van der Waals surface area contributed by atoms with Crippen molar-refractivity contribution in [3.63, 3.8) is 0 Å². The van der Waals surface area contributed by atoms with Gasteiger partial charge in [0.05, 0.1) is 0 Å². The molecule has 0 atom stereocenters. The Morgan fingerprint density at radius 1 is 0.571 bits per heavy atom. The Labute approximate surface area is 232 Å². The zero-order valence-electron chi connectivity index (χ0n) is 19.3. The maximum Gasteiger partial charge on any atom is 0.271 e. The van der Waals surface area contributed by atoms with Gasteiger partial charge in [-0.3, -0.25) is 9.59 Å². The Bertz CT molecular complexity index is 871. The van der Waals surface area contributed by atoms with E-state index in [1.165, 1.54) is 106 Å². The molecule has 35 heavy (non-hydrogen) atoms. The summed E-state index contributed by atoms with van der Waals surface area (Å²) in [4.78, 5) is 26.5. The molecule has 0 radical (unpaired) electrons. The summed E-state index contributed by atoms with van der Waals surface area (Å²) in [6.45, 7) is 4.01. The number of carbonyl (C=O) groups excluding carboxylic acids is 2. The van der Waals surface area contributed by atoms with Gasteiger partial charge in [-0.2, -0.15) is 0 Å². The minimum Gasteiger partial charge on any atom is -0.457 e. The van der Waals surface area contributed by atoms with Crippen LogP contribution in [0, 0.1) is 0 Å². The van der Waals surface area contributed by atoms with Crippen LogP contribution in [0.3, 0.4) is 0 Å². The summed E-state index contributed by atoms with van der Waals surface area (Å²) in [6.07, 6.45) is 7.25. The number of hydrogen-bond acceptors (Lipinski definition) is 11. The molecule has 2 aliphatic rings. The van der Waals surface area contributed by atoms with Crippen molar-refractivity contribution in [2.24, 2.45) is 0 Å². The van der Waals surface area contributed by atoms with Crippen LogP contribution >= 0.6 is 67.1 Å². The molecule has 2 aromatic rings. The average Bonchev–Trinajstić information content (AvgIpc) is 2.89. The highest BCUT2D eigenvalue weighted by molar-refractivity contribution is 8.86. The topological polar surface area (TPSA) is 49.9 Å². The molecule has 5 nitrogen and oxygen atoms in total. The molecule has 0 amide bonds. The Hall–Kier alpha value is -0.400. The lowest BCUT2D eigenvalue weighted by atomic mass is 10.2. The largest absolute Gasteiger partial charge is 0.457 e. The summed E-state index contributed by atoms with van der Waals surface area (Å²) in [7, 11) is 5.51. The molecule has 2 fully saturated rings. The average molecular weight is 585 g/mol. The molecule has 0 spiro atoms. The molecule has 188 valence electrons. The second kappa shape index (κ2) is 15.1. The van der Waals surface area contributed by atoms with Gasteiger partial charge >= 0.3 is 0 Å². The highest BCUT2D eigenvalue weighted by Crippen LogP contribution is 2.39. The van der Waals surface area contributed by atoms with Crippen molar-refractivity contribution in [2.45, 2.75) is 48.3 Å². The van der Waals surface area contributed by atoms with E-state index in [9.17, 15) is 9.59 Å². The highest BCUT2D eigenvalue weighted by Gasteiger charge is 2.17. The summed E-state index contributed by atoms with van der Waals surface area (Å²) in [5, 5.41) is 0. The molecule has 0 saturated carbocycles. The van der Waals surface area contributed by atoms with E-state index >= 15 is 0 Å². The summed E-state index contributed by atoms with van der Waals surface area (Å²) >= 11 is 2.69. The molecule has 0 aromatic heterocycles. The SMILES string of the molecule is O=C(SSc1ccc(Oc2ccc(SSC(=O)SN3CCCCC3)cc2)cc1)SN1CCCCC1. The van der Waals surface area contributed by atoms with E-state index in [2.05, 4.69) is 8.61 Å². The smallest absolute Gasteiger partial charge is 0.271 e. The lowest BCUT2D eigenvalue weighted by molar-refractivity contribution is 0.274. The van der Waals surface area contributed by atoms with Gasteiger partial charge in [-0.05, 0) is 117 Å². The van der Waals surface area contributed by atoms with Gasteiger partial charge in [0, 0.05) is 59.9 Å². The summed E-state index contributed by atoms with van der Waals surface area (Å²) in [6, 6.07) is 15.5.